The maximum atomic E-state index is 13.1. The van der Waals surface area contributed by atoms with Gasteiger partial charge in [-0.25, -0.2) is 8.42 Å². The van der Waals surface area contributed by atoms with Crippen molar-refractivity contribution in [1.29, 1.82) is 0 Å². The first kappa shape index (κ1) is 22.7. The lowest BCUT2D eigenvalue weighted by Gasteiger charge is -2.16. The standard InChI is InChI=1S/C23H27N3O4S2/c1-17-14-21(18(2)26(17)12-9-19-6-5-13-31-19)22(27)16-24-15-20(7-8-23(24)28)32(29,30)25-10-3-4-11-25/h5-8,13-15H,3-4,9-12,16H2,1-2H3. The zero-order valence-corrected chi connectivity index (χ0v) is 19.9. The van der Waals surface area contributed by atoms with E-state index in [-0.39, 0.29) is 17.2 Å². The zero-order valence-electron chi connectivity index (χ0n) is 18.3. The van der Waals surface area contributed by atoms with Crippen molar-refractivity contribution in [3.8, 4) is 0 Å². The van der Waals surface area contributed by atoms with E-state index in [0.717, 1.165) is 37.2 Å². The van der Waals surface area contributed by atoms with Gasteiger partial charge >= 0.3 is 0 Å². The minimum atomic E-state index is -3.66. The first-order chi connectivity index (χ1) is 15.3. The molecule has 0 saturated carbocycles. The summed E-state index contributed by atoms with van der Waals surface area (Å²) in [7, 11) is -3.66. The van der Waals surface area contributed by atoms with Crippen LogP contribution in [0.2, 0.25) is 0 Å². The van der Waals surface area contributed by atoms with Gasteiger partial charge in [0.15, 0.2) is 5.78 Å². The number of sulfonamides is 1. The fourth-order valence-electron chi connectivity index (χ4n) is 4.21. The maximum Gasteiger partial charge on any atom is 0.251 e. The fraction of sp³-hybridized carbons (Fsp3) is 0.391. The summed E-state index contributed by atoms with van der Waals surface area (Å²) in [5, 5.41) is 2.05. The van der Waals surface area contributed by atoms with Crippen LogP contribution in [0.15, 0.2) is 51.6 Å². The Bertz CT molecular complexity index is 1280. The molecule has 3 aromatic heterocycles. The lowest BCUT2D eigenvalue weighted by atomic mass is 10.1. The van der Waals surface area contributed by atoms with Crippen LogP contribution in [0, 0.1) is 13.8 Å². The molecule has 1 aliphatic rings. The number of carbonyl (C=O) groups is 1. The summed E-state index contributed by atoms with van der Waals surface area (Å²) in [4.78, 5) is 26.8. The molecule has 0 aromatic carbocycles. The first-order valence-electron chi connectivity index (χ1n) is 10.7. The number of carbonyl (C=O) groups excluding carboxylic acids is 1. The van der Waals surface area contributed by atoms with Crippen molar-refractivity contribution in [3.63, 3.8) is 0 Å². The Balaban J connectivity index is 1.55. The number of rotatable bonds is 8. The Labute approximate surface area is 192 Å². The van der Waals surface area contributed by atoms with Gasteiger partial charge in [-0.05, 0) is 56.7 Å². The van der Waals surface area contributed by atoms with Gasteiger partial charge in [-0.15, -0.1) is 11.3 Å². The minimum absolute atomic E-state index is 0.0493. The van der Waals surface area contributed by atoms with Crippen molar-refractivity contribution < 1.29 is 13.2 Å². The molecule has 1 saturated heterocycles. The highest BCUT2D eigenvalue weighted by Crippen LogP contribution is 2.21. The van der Waals surface area contributed by atoms with Gasteiger partial charge < -0.3 is 9.13 Å². The Morgan fingerprint density at radius 1 is 1.12 bits per heavy atom. The molecule has 0 atom stereocenters. The van der Waals surface area contributed by atoms with Crippen molar-refractivity contribution in [1.82, 2.24) is 13.4 Å². The van der Waals surface area contributed by atoms with Crippen molar-refractivity contribution in [2.24, 2.45) is 0 Å². The highest BCUT2D eigenvalue weighted by atomic mass is 32.2. The average Bonchev–Trinajstić information content (AvgIpc) is 3.51. The van der Waals surface area contributed by atoms with Gasteiger partial charge in [-0.1, -0.05) is 6.07 Å². The summed E-state index contributed by atoms with van der Waals surface area (Å²) in [6, 6.07) is 8.52. The second kappa shape index (κ2) is 9.17. The van der Waals surface area contributed by atoms with E-state index in [4.69, 9.17) is 0 Å². The number of thiophene rings is 1. The Morgan fingerprint density at radius 2 is 1.88 bits per heavy atom. The van der Waals surface area contributed by atoms with Crippen molar-refractivity contribution in [2.75, 3.05) is 13.1 Å². The lowest BCUT2D eigenvalue weighted by Crippen LogP contribution is -2.30. The van der Waals surface area contributed by atoms with Crippen LogP contribution in [-0.2, 0) is 29.5 Å². The fourth-order valence-corrected chi connectivity index (χ4v) is 6.44. The maximum absolute atomic E-state index is 13.1. The normalized spacial score (nSPS) is 14.8. The molecule has 1 aliphatic heterocycles. The van der Waals surface area contributed by atoms with Gasteiger partial charge in [0.25, 0.3) is 5.56 Å². The Hall–Kier alpha value is -2.49. The monoisotopic (exact) mass is 473 g/mol. The van der Waals surface area contributed by atoms with Crippen LogP contribution in [0.5, 0.6) is 0 Å². The molecule has 9 heteroatoms. The summed E-state index contributed by atoms with van der Waals surface area (Å²) in [6.07, 6.45) is 3.85. The van der Waals surface area contributed by atoms with E-state index in [1.54, 1.807) is 11.3 Å². The molecule has 4 rings (SSSR count). The van der Waals surface area contributed by atoms with Gasteiger partial charge in [0.2, 0.25) is 10.0 Å². The van der Waals surface area contributed by atoms with Gasteiger partial charge in [-0.3, -0.25) is 9.59 Å². The summed E-state index contributed by atoms with van der Waals surface area (Å²) < 4.78 is 30.4. The molecule has 0 N–H and O–H groups in total. The molecular weight excluding hydrogens is 446 g/mol. The summed E-state index contributed by atoms with van der Waals surface area (Å²) in [6.45, 7) is 5.42. The number of Topliss-reactive ketones (excluding diaryl/α,β-unsaturated/α-hetero) is 1. The quantitative estimate of drug-likeness (QED) is 0.471. The predicted molar refractivity (Wildman–Crippen MR) is 125 cm³/mol. The molecule has 0 amide bonds. The molecule has 170 valence electrons. The molecule has 0 aliphatic carbocycles. The molecule has 3 aromatic rings. The third-order valence-corrected chi connectivity index (χ3v) is 8.83. The SMILES string of the molecule is Cc1cc(C(=O)Cn2cc(S(=O)(=O)N3CCCC3)ccc2=O)c(C)n1CCc1cccs1. The zero-order chi connectivity index (χ0) is 22.9. The average molecular weight is 474 g/mol. The molecule has 0 spiro atoms. The van der Waals surface area contributed by atoms with E-state index >= 15 is 0 Å². The van der Waals surface area contributed by atoms with Crippen LogP contribution in [0.4, 0.5) is 0 Å². The Morgan fingerprint density at radius 3 is 2.56 bits per heavy atom. The molecule has 0 unspecified atom stereocenters. The predicted octanol–water partition coefficient (Wildman–Crippen LogP) is 3.24. The van der Waals surface area contributed by atoms with Crippen LogP contribution in [0.3, 0.4) is 0 Å². The molecule has 7 nitrogen and oxygen atoms in total. The summed E-state index contributed by atoms with van der Waals surface area (Å²) in [5.74, 6) is -0.210. The summed E-state index contributed by atoms with van der Waals surface area (Å²) >= 11 is 1.71. The van der Waals surface area contributed by atoms with Crippen molar-refractivity contribution in [2.45, 2.75) is 51.1 Å². The molecular formula is C23H27N3O4S2. The van der Waals surface area contributed by atoms with Crippen LogP contribution < -0.4 is 5.56 Å². The van der Waals surface area contributed by atoms with Crippen molar-refractivity contribution in [3.05, 3.63) is 74.1 Å². The number of ketones is 1. The third kappa shape index (κ3) is 4.51. The molecule has 0 bridgehead atoms. The lowest BCUT2D eigenvalue weighted by molar-refractivity contribution is 0.0969. The van der Waals surface area contributed by atoms with Gasteiger partial charge in [-0.2, -0.15) is 4.31 Å². The topological polar surface area (TPSA) is 81.4 Å². The van der Waals surface area contributed by atoms with Gasteiger partial charge in [0.1, 0.15) is 0 Å². The van der Waals surface area contributed by atoms with E-state index in [1.807, 2.05) is 26.0 Å². The molecule has 0 radical (unpaired) electrons. The second-order valence-electron chi connectivity index (χ2n) is 8.13. The highest BCUT2D eigenvalue weighted by molar-refractivity contribution is 7.89. The van der Waals surface area contributed by atoms with Crippen LogP contribution in [0.1, 0.15) is 39.5 Å². The van der Waals surface area contributed by atoms with E-state index in [0.29, 0.717) is 18.7 Å². The summed E-state index contributed by atoms with van der Waals surface area (Å²) in [5.41, 5.74) is 2.01. The number of aryl methyl sites for hydroxylation is 2. The van der Waals surface area contributed by atoms with Crippen LogP contribution >= 0.6 is 11.3 Å². The largest absolute Gasteiger partial charge is 0.348 e. The third-order valence-electron chi connectivity index (χ3n) is 6.01. The number of nitrogens with zero attached hydrogens (tertiary/aromatic N) is 3. The smallest absolute Gasteiger partial charge is 0.251 e. The molecule has 32 heavy (non-hydrogen) atoms. The van der Waals surface area contributed by atoms with E-state index in [1.165, 1.54) is 32.1 Å². The number of hydrogen-bond acceptors (Lipinski definition) is 5. The van der Waals surface area contributed by atoms with E-state index in [2.05, 4.69) is 16.0 Å². The molecule has 1 fully saturated rings. The van der Waals surface area contributed by atoms with Gasteiger partial charge in [0, 0.05) is 53.7 Å². The number of pyridine rings is 1. The van der Waals surface area contributed by atoms with E-state index in [9.17, 15) is 18.0 Å². The van der Waals surface area contributed by atoms with Crippen LogP contribution in [-0.4, -0.2) is 40.7 Å². The minimum Gasteiger partial charge on any atom is -0.348 e. The van der Waals surface area contributed by atoms with Crippen molar-refractivity contribution >= 4 is 27.1 Å². The molecule has 4 heterocycles. The second-order valence-corrected chi connectivity index (χ2v) is 11.1. The van der Waals surface area contributed by atoms with E-state index < -0.39 is 15.6 Å². The number of hydrogen-bond donors (Lipinski definition) is 0. The van der Waals surface area contributed by atoms with Crippen LogP contribution in [0.25, 0.3) is 0 Å². The highest BCUT2D eigenvalue weighted by Gasteiger charge is 2.28. The Kier molecular flexibility index (Phi) is 6.50. The first-order valence-corrected chi connectivity index (χ1v) is 13.0. The van der Waals surface area contributed by atoms with Gasteiger partial charge in [0.05, 0.1) is 11.4 Å². The number of aromatic nitrogens is 2.